The van der Waals surface area contributed by atoms with Gasteiger partial charge in [0.2, 0.25) is 5.91 Å². The van der Waals surface area contributed by atoms with E-state index in [4.69, 9.17) is 0 Å². The lowest BCUT2D eigenvalue weighted by Crippen LogP contribution is -2.42. The fourth-order valence-corrected chi connectivity index (χ4v) is 4.16. The number of amides is 1. The van der Waals surface area contributed by atoms with Crippen molar-refractivity contribution in [2.45, 2.75) is 18.5 Å². The number of rotatable bonds is 3. The minimum atomic E-state index is -0.247. The summed E-state index contributed by atoms with van der Waals surface area (Å²) < 4.78 is 0. The Kier molecular flexibility index (Phi) is 3.86. The van der Waals surface area contributed by atoms with Gasteiger partial charge in [0.05, 0.1) is 27.7 Å². The van der Waals surface area contributed by atoms with E-state index in [1.165, 1.54) is 0 Å². The largest absolute Gasteiger partial charge is 0.338 e. The average molecular weight is 296 g/mol. The third kappa shape index (κ3) is 2.54. The number of aliphatic imine (C=N–C) groups is 1. The van der Waals surface area contributed by atoms with Gasteiger partial charge in [-0.2, -0.15) is 0 Å². The van der Waals surface area contributed by atoms with Crippen molar-refractivity contribution in [1.82, 2.24) is 15.2 Å². The third-order valence-corrected chi connectivity index (χ3v) is 5.25. The van der Waals surface area contributed by atoms with Gasteiger partial charge >= 0.3 is 0 Å². The zero-order valence-corrected chi connectivity index (χ0v) is 12.3. The van der Waals surface area contributed by atoms with E-state index in [9.17, 15) is 4.79 Å². The van der Waals surface area contributed by atoms with Crippen LogP contribution in [0.5, 0.6) is 0 Å². The summed E-state index contributed by atoms with van der Waals surface area (Å²) in [6, 6.07) is -0.00131. The SMILES string of the molecule is CNC1C(=O)N(CC2CSC=N2)CCc2ncsc21. The topological polar surface area (TPSA) is 57.6 Å². The van der Waals surface area contributed by atoms with Gasteiger partial charge in [-0.25, -0.2) is 4.98 Å². The predicted molar refractivity (Wildman–Crippen MR) is 78.9 cm³/mol. The van der Waals surface area contributed by atoms with Crippen molar-refractivity contribution in [3.8, 4) is 0 Å². The molecule has 1 aromatic rings. The van der Waals surface area contributed by atoms with Crippen LogP contribution in [0.2, 0.25) is 0 Å². The van der Waals surface area contributed by atoms with Crippen molar-refractivity contribution in [2.75, 3.05) is 25.9 Å². The van der Waals surface area contributed by atoms with Crippen molar-refractivity contribution < 1.29 is 4.79 Å². The van der Waals surface area contributed by atoms with Gasteiger partial charge in [0, 0.05) is 25.3 Å². The van der Waals surface area contributed by atoms with E-state index in [2.05, 4.69) is 15.3 Å². The Hall–Kier alpha value is -0.920. The number of carbonyl (C=O) groups excluding carboxylic acids is 1. The highest BCUT2D eigenvalue weighted by Gasteiger charge is 2.32. The number of hydrogen-bond donors (Lipinski definition) is 1. The van der Waals surface area contributed by atoms with E-state index >= 15 is 0 Å². The fraction of sp³-hybridized carbons (Fsp3) is 0.583. The van der Waals surface area contributed by atoms with Crippen molar-refractivity contribution in [3.05, 3.63) is 16.1 Å². The summed E-state index contributed by atoms with van der Waals surface area (Å²) in [5, 5.41) is 3.13. The number of hydrogen-bond acceptors (Lipinski definition) is 6. The van der Waals surface area contributed by atoms with Gasteiger partial charge in [0.25, 0.3) is 0 Å². The van der Waals surface area contributed by atoms with Crippen LogP contribution in [0.4, 0.5) is 0 Å². The number of thioether (sulfide) groups is 1. The van der Waals surface area contributed by atoms with E-state index in [0.717, 1.165) is 35.8 Å². The molecule has 1 amide bonds. The molecule has 7 heteroatoms. The lowest BCUT2D eigenvalue weighted by Gasteiger charge is -2.25. The molecule has 102 valence electrons. The second-order valence-corrected chi connectivity index (χ2v) is 6.42. The molecule has 5 nitrogen and oxygen atoms in total. The second kappa shape index (κ2) is 5.60. The summed E-state index contributed by atoms with van der Waals surface area (Å²) in [5.41, 5.74) is 4.78. The molecule has 3 rings (SSSR count). The normalized spacial score (nSPS) is 26.6. The van der Waals surface area contributed by atoms with Gasteiger partial charge in [0.1, 0.15) is 6.04 Å². The van der Waals surface area contributed by atoms with Gasteiger partial charge in [-0.15, -0.1) is 23.1 Å². The molecule has 0 radical (unpaired) electrons. The maximum atomic E-state index is 12.6. The number of likely N-dealkylation sites (N-methyl/N-ethyl adjacent to an activating group) is 1. The first kappa shape index (κ1) is 13.1. The molecule has 2 atom stereocenters. The fourth-order valence-electron chi connectivity index (χ4n) is 2.46. The van der Waals surface area contributed by atoms with Crippen LogP contribution in [0.15, 0.2) is 10.5 Å². The minimum absolute atomic E-state index is 0.151. The molecule has 19 heavy (non-hydrogen) atoms. The minimum Gasteiger partial charge on any atom is -0.338 e. The Morgan fingerprint density at radius 1 is 1.58 bits per heavy atom. The number of thiazole rings is 1. The third-order valence-electron chi connectivity index (χ3n) is 3.47. The van der Waals surface area contributed by atoms with E-state index < -0.39 is 0 Å². The molecule has 0 spiro atoms. The number of nitrogens with one attached hydrogen (secondary N) is 1. The molecule has 0 bridgehead atoms. The Bertz CT molecular complexity index is 502. The van der Waals surface area contributed by atoms with Crippen LogP contribution in [0.1, 0.15) is 16.6 Å². The smallest absolute Gasteiger partial charge is 0.245 e. The quantitative estimate of drug-likeness (QED) is 0.901. The summed E-state index contributed by atoms with van der Waals surface area (Å²) in [6.07, 6.45) is 0.840. The molecule has 1 aromatic heterocycles. The Balaban J connectivity index is 1.79. The van der Waals surface area contributed by atoms with Crippen LogP contribution < -0.4 is 5.32 Å². The maximum absolute atomic E-state index is 12.6. The number of aromatic nitrogens is 1. The molecule has 3 heterocycles. The molecule has 0 fully saturated rings. The zero-order chi connectivity index (χ0) is 13.2. The van der Waals surface area contributed by atoms with Crippen molar-refractivity contribution in [1.29, 1.82) is 0 Å². The van der Waals surface area contributed by atoms with Gasteiger partial charge in [-0.3, -0.25) is 9.79 Å². The van der Waals surface area contributed by atoms with Gasteiger partial charge < -0.3 is 10.2 Å². The first-order valence-corrected chi connectivity index (χ1v) is 8.24. The van der Waals surface area contributed by atoms with Crippen LogP contribution in [0.3, 0.4) is 0 Å². The standard InChI is InChI=1S/C12H16N4OS2/c1-13-10-11-9(15-7-19-11)2-3-16(12(10)17)4-8-5-18-6-14-8/h6-8,10,13H,2-5H2,1H3. The molecule has 0 aromatic carbocycles. The number of fused-ring (bicyclic) bond motifs is 1. The highest BCUT2D eigenvalue weighted by molar-refractivity contribution is 8.12. The summed E-state index contributed by atoms with van der Waals surface area (Å²) in [5.74, 6) is 1.13. The first-order valence-electron chi connectivity index (χ1n) is 6.31. The molecule has 0 aliphatic carbocycles. The summed E-state index contributed by atoms with van der Waals surface area (Å²) in [4.78, 5) is 24.4. The van der Waals surface area contributed by atoms with Crippen LogP contribution in [0.25, 0.3) is 0 Å². The van der Waals surface area contributed by atoms with Crippen molar-refractivity contribution in [2.24, 2.45) is 4.99 Å². The molecular weight excluding hydrogens is 280 g/mol. The molecule has 2 aliphatic rings. The summed E-state index contributed by atoms with van der Waals surface area (Å²) in [6.45, 7) is 1.46. The molecule has 2 aliphatic heterocycles. The Labute approximate surface area is 120 Å². The molecule has 2 unspecified atom stereocenters. The van der Waals surface area contributed by atoms with Crippen LogP contribution in [0, 0.1) is 0 Å². The highest BCUT2D eigenvalue weighted by atomic mass is 32.2. The summed E-state index contributed by atoms with van der Waals surface area (Å²) in [7, 11) is 1.83. The Morgan fingerprint density at radius 3 is 3.21 bits per heavy atom. The van der Waals surface area contributed by atoms with Crippen molar-refractivity contribution >= 4 is 34.6 Å². The lowest BCUT2D eigenvalue weighted by molar-refractivity contribution is -0.133. The van der Waals surface area contributed by atoms with Gasteiger partial charge in [-0.05, 0) is 7.05 Å². The van der Waals surface area contributed by atoms with E-state index in [1.807, 2.05) is 23.0 Å². The number of nitrogens with zero attached hydrogens (tertiary/aromatic N) is 3. The maximum Gasteiger partial charge on any atom is 0.245 e. The highest BCUT2D eigenvalue weighted by Crippen LogP contribution is 2.28. The zero-order valence-electron chi connectivity index (χ0n) is 10.7. The van der Waals surface area contributed by atoms with Gasteiger partial charge in [-0.1, -0.05) is 0 Å². The second-order valence-electron chi connectivity index (χ2n) is 4.66. The van der Waals surface area contributed by atoms with Gasteiger partial charge in [0.15, 0.2) is 0 Å². The van der Waals surface area contributed by atoms with E-state index in [-0.39, 0.29) is 18.0 Å². The first-order chi connectivity index (χ1) is 9.29. The predicted octanol–water partition coefficient (Wildman–Crippen LogP) is 0.932. The molecular formula is C12H16N4OS2. The number of carbonyl (C=O) groups is 1. The van der Waals surface area contributed by atoms with E-state index in [1.54, 1.807) is 23.1 Å². The van der Waals surface area contributed by atoms with Crippen LogP contribution in [-0.4, -0.2) is 53.3 Å². The van der Waals surface area contributed by atoms with Crippen molar-refractivity contribution in [3.63, 3.8) is 0 Å². The molecule has 0 saturated carbocycles. The van der Waals surface area contributed by atoms with Crippen LogP contribution in [-0.2, 0) is 11.2 Å². The van der Waals surface area contributed by atoms with E-state index in [0.29, 0.717) is 0 Å². The summed E-state index contributed by atoms with van der Waals surface area (Å²) >= 11 is 3.28. The average Bonchev–Trinajstić information content (AvgIpc) is 3.04. The molecule has 0 saturated heterocycles. The van der Waals surface area contributed by atoms with Crippen LogP contribution >= 0.6 is 23.1 Å². The monoisotopic (exact) mass is 296 g/mol. The molecule has 1 N–H and O–H groups in total. The Morgan fingerprint density at radius 2 is 2.47 bits per heavy atom. The lowest BCUT2D eigenvalue weighted by atomic mass is 10.2.